The van der Waals surface area contributed by atoms with Gasteiger partial charge >= 0.3 is 5.97 Å². The second kappa shape index (κ2) is 4.53. The first-order valence-electron chi connectivity index (χ1n) is 4.23. The molecule has 1 rings (SSSR count). The van der Waals surface area contributed by atoms with Gasteiger partial charge < -0.3 is 15.2 Å². The summed E-state index contributed by atoms with van der Waals surface area (Å²) < 4.78 is 10.4. The highest BCUT2D eigenvalue weighted by molar-refractivity contribution is 9.10. The molecule has 4 nitrogen and oxygen atoms in total. The molecule has 0 unspecified atom stereocenters. The Hall–Kier alpha value is -1.23. The lowest BCUT2D eigenvalue weighted by Crippen LogP contribution is -2.07. The van der Waals surface area contributed by atoms with Crippen molar-refractivity contribution < 1.29 is 14.3 Å². The molecule has 0 atom stereocenters. The molecule has 15 heavy (non-hydrogen) atoms. The Bertz CT molecular complexity index is 404. The zero-order chi connectivity index (χ0) is 11.6. The van der Waals surface area contributed by atoms with Crippen LogP contribution in [0.2, 0.25) is 0 Å². The van der Waals surface area contributed by atoms with Crippen LogP contribution in [-0.2, 0) is 4.74 Å². The van der Waals surface area contributed by atoms with Gasteiger partial charge in [0.2, 0.25) is 0 Å². The van der Waals surface area contributed by atoms with Gasteiger partial charge in [0.05, 0.1) is 25.5 Å². The second-order valence-corrected chi connectivity index (χ2v) is 3.76. The molecule has 5 heteroatoms. The lowest BCUT2D eigenvalue weighted by molar-refractivity contribution is 0.0601. The zero-order valence-corrected chi connectivity index (χ0v) is 10.3. The van der Waals surface area contributed by atoms with Crippen LogP contribution in [0.5, 0.6) is 5.75 Å². The van der Waals surface area contributed by atoms with Crippen molar-refractivity contribution in [1.82, 2.24) is 0 Å². The minimum absolute atomic E-state index is 0.298. The first-order chi connectivity index (χ1) is 7.02. The van der Waals surface area contributed by atoms with Gasteiger partial charge in [-0.1, -0.05) is 0 Å². The molecule has 2 N–H and O–H groups in total. The van der Waals surface area contributed by atoms with Crippen LogP contribution in [0.3, 0.4) is 0 Å². The summed E-state index contributed by atoms with van der Waals surface area (Å²) in [5.41, 5.74) is 7.29. The van der Waals surface area contributed by atoms with Gasteiger partial charge in [-0.3, -0.25) is 0 Å². The van der Waals surface area contributed by atoms with Crippen molar-refractivity contribution in [1.29, 1.82) is 0 Å². The number of rotatable bonds is 2. The molecular weight excluding hydrogens is 262 g/mol. The first-order valence-corrected chi connectivity index (χ1v) is 5.03. The molecule has 0 saturated carbocycles. The van der Waals surface area contributed by atoms with Crippen LogP contribution < -0.4 is 10.5 Å². The van der Waals surface area contributed by atoms with E-state index < -0.39 is 5.97 Å². The number of carbonyl (C=O) groups excluding carboxylic acids is 1. The van der Waals surface area contributed by atoms with Crippen LogP contribution in [0.1, 0.15) is 15.9 Å². The van der Waals surface area contributed by atoms with Crippen LogP contribution in [0.4, 0.5) is 5.69 Å². The normalized spacial score (nSPS) is 9.87. The Balaban J connectivity index is 3.41. The molecule has 0 bridgehead atoms. The van der Waals surface area contributed by atoms with Crippen molar-refractivity contribution in [2.24, 2.45) is 0 Å². The maximum atomic E-state index is 11.4. The summed E-state index contributed by atoms with van der Waals surface area (Å²) >= 11 is 3.31. The van der Waals surface area contributed by atoms with Gasteiger partial charge in [0.15, 0.2) is 0 Å². The lowest BCUT2D eigenvalue weighted by Gasteiger charge is -2.12. The number of carbonyl (C=O) groups is 1. The van der Waals surface area contributed by atoms with Crippen molar-refractivity contribution in [2.45, 2.75) is 6.92 Å². The average molecular weight is 274 g/mol. The number of nitrogens with two attached hydrogens (primary N) is 1. The number of benzene rings is 1. The third kappa shape index (κ3) is 2.07. The molecule has 0 aliphatic carbocycles. The van der Waals surface area contributed by atoms with Crippen LogP contribution in [-0.4, -0.2) is 20.2 Å². The van der Waals surface area contributed by atoms with Crippen molar-refractivity contribution in [3.05, 3.63) is 21.7 Å². The van der Waals surface area contributed by atoms with Crippen LogP contribution >= 0.6 is 15.9 Å². The predicted molar refractivity (Wildman–Crippen MR) is 61.2 cm³/mol. The minimum atomic E-state index is -0.480. The Morgan fingerprint density at radius 2 is 2.07 bits per heavy atom. The molecule has 0 aliphatic heterocycles. The van der Waals surface area contributed by atoms with E-state index in [0.29, 0.717) is 21.5 Å². The number of anilines is 1. The first kappa shape index (κ1) is 11.8. The van der Waals surface area contributed by atoms with E-state index in [-0.39, 0.29) is 0 Å². The summed E-state index contributed by atoms with van der Waals surface area (Å²) in [6.45, 7) is 1.85. The third-order valence-corrected chi connectivity index (χ3v) is 3.15. The molecular formula is C10H12BrNO3. The highest BCUT2D eigenvalue weighted by atomic mass is 79.9. The maximum Gasteiger partial charge on any atom is 0.340 e. The number of hydrogen-bond donors (Lipinski definition) is 1. The standard InChI is InChI=1S/C10H12BrNO3/c1-5-7(14-2)4-6(10(13)15-3)9(12)8(5)11/h4H,12H2,1-3H3. The fourth-order valence-corrected chi connectivity index (χ4v) is 1.65. The van der Waals surface area contributed by atoms with Crippen LogP contribution in [0.25, 0.3) is 0 Å². The largest absolute Gasteiger partial charge is 0.496 e. The number of nitrogen functional groups attached to an aromatic ring is 1. The number of methoxy groups -OCH3 is 2. The molecule has 0 fully saturated rings. The van der Waals surface area contributed by atoms with Gasteiger partial charge in [0, 0.05) is 10.0 Å². The Kier molecular flexibility index (Phi) is 3.57. The molecule has 0 aromatic heterocycles. The topological polar surface area (TPSA) is 61.5 Å². The Morgan fingerprint density at radius 1 is 1.47 bits per heavy atom. The van der Waals surface area contributed by atoms with E-state index in [1.807, 2.05) is 6.92 Å². The zero-order valence-electron chi connectivity index (χ0n) is 8.76. The summed E-state index contributed by atoms with van der Waals surface area (Å²) in [6.07, 6.45) is 0. The van der Waals surface area contributed by atoms with E-state index in [2.05, 4.69) is 20.7 Å². The van der Waals surface area contributed by atoms with E-state index in [1.54, 1.807) is 6.07 Å². The predicted octanol–water partition coefficient (Wildman–Crippen LogP) is 2.13. The molecule has 0 radical (unpaired) electrons. The summed E-state index contributed by atoms with van der Waals surface area (Å²) in [5.74, 6) is 0.114. The van der Waals surface area contributed by atoms with Crippen molar-refractivity contribution in [2.75, 3.05) is 20.0 Å². The van der Waals surface area contributed by atoms with Crippen LogP contribution in [0.15, 0.2) is 10.5 Å². The summed E-state index contributed by atoms with van der Waals surface area (Å²) in [5, 5.41) is 0. The van der Waals surface area contributed by atoms with Gasteiger partial charge in [0.1, 0.15) is 5.75 Å². The summed E-state index contributed by atoms with van der Waals surface area (Å²) in [6, 6.07) is 1.57. The Labute approximate surface area is 96.5 Å². The number of halogens is 1. The average Bonchev–Trinajstić information content (AvgIpc) is 2.25. The lowest BCUT2D eigenvalue weighted by atomic mass is 10.1. The van der Waals surface area contributed by atoms with E-state index >= 15 is 0 Å². The number of ether oxygens (including phenoxy) is 2. The second-order valence-electron chi connectivity index (χ2n) is 2.97. The molecule has 0 saturated heterocycles. The number of esters is 1. The summed E-state index contributed by atoms with van der Waals surface area (Å²) in [7, 11) is 2.84. The van der Waals surface area contributed by atoms with Gasteiger partial charge in [-0.25, -0.2) is 4.79 Å². The van der Waals surface area contributed by atoms with Crippen LogP contribution in [0, 0.1) is 6.92 Å². The SMILES string of the molecule is COC(=O)c1cc(OC)c(C)c(Br)c1N. The molecule has 0 spiro atoms. The number of hydrogen-bond acceptors (Lipinski definition) is 4. The highest BCUT2D eigenvalue weighted by Gasteiger charge is 2.17. The van der Waals surface area contributed by atoms with E-state index in [1.165, 1.54) is 14.2 Å². The van der Waals surface area contributed by atoms with Gasteiger partial charge in [0.25, 0.3) is 0 Å². The van der Waals surface area contributed by atoms with E-state index in [0.717, 1.165) is 5.56 Å². The highest BCUT2D eigenvalue weighted by Crippen LogP contribution is 2.34. The van der Waals surface area contributed by atoms with E-state index in [9.17, 15) is 4.79 Å². The smallest absolute Gasteiger partial charge is 0.340 e. The van der Waals surface area contributed by atoms with Crippen molar-refractivity contribution in [3.63, 3.8) is 0 Å². The summed E-state index contributed by atoms with van der Waals surface area (Å²) in [4.78, 5) is 11.4. The molecule has 0 aliphatic rings. The molecule has 0 amide bonds. The molecule has 1 aromatic rings. The van der Waals surface area contributed by atoms with E-state index in [4.69, 9.17) is 10.5 Å². The van der Waals surface area contributed by atoms with Gasteiger partial charge in [-0.15, -0.1) is 0 Å². The quantitative estimate of drug-likeness (QED) is 0.663. The third-order valence-electron chi connectivity index (χ3n) is 2.13. The molecule has 0 heterocycles. The van der Waals surface area contributed by atoms with Crippen molar-refractivity contribution in [3.8, 4) is 5.75 Å². The molecule has 1 aromatic carbocycles. The fraction of sp³-hybridized carbons (Fsp3) is 0.300. The minimum Gasteiger partial charge on any atom is -0.496 e. The van der Waals surface area contributed by atoms with Crippen molar-refractivity contribution >= 4 is 27.6 Å². The fourth-order valence-electron chi connectivity index (χ4n) is 1.24. The Morgan fingerprint density at radius 3 is 2.53 bits per heavy atom. The molecule has 82 valence electrons. The van der Waals surface area contributed by atoms with Gasteiger partial charge in [-0.2, -0.15) is 0 Å². The monoisotopic (exact) mass is 273 g/mol. The van der Waals surface area contributed by atoms with Gasteiger partial charge in [-0.05, 0) is 28.9 Å². The maximum absolute atomic E-state index is 11.4.